The summed E-state index contributed by atoms with van der Waals surface area (Å²) in [4.78, 5) is 12.5. The standard InChI is InChI=1S/C11H18N2O2/c1-2-12-7-9-5-3-4-6-10(9)11(12)8-13(14)15/h8-10H,2-7H2,1H3/b11-8+. The van der Waals surface area contributed by atoms with Gasteiger partial charge in [0.25, 0.3) is 6.20 Å². The van der Waals surface area contributed by atoms with E-state index in [2.05, 4.69) is 11.8 Å². The van der Waals surface area contributed by atoms with Crippen molar-refractivity contribution >= 4 is 0 Å². The fourth-order valence-electron chi connectivity index (χ4n) is 3.04. The summed E-state index contributed by atoms with van der Waals surface area (Å²) in [5.41, 5.74) is 0.979. The van der Waals surface area contributed by atoms with Gasteiger partial charge in [-0.3, -0.25) is 10.1 Å². The molecular weight excluding hydrogens is 192 g/mol. The maximum absolute atomic E-state index is 10.6. The van der Waals surface area contributed by atoms with Gasteiger partial charge in [0.2, 0.25) is 0 Å². The lowest BCUT2D eigenvalue weighted by molar-refractivity contribution is -0.404. The van der Waals surface area contributed by atoms with E-state index >= 15 is 0 Å². The van der Waals surface area contributed by atoms with Crippen LogP contribution < -0.4 is 0 Å². The van der Waals surface area contributed by atoms with E-state index in [9.17, 15) is 10.1 Å². The molecule has 2 atom stereocenters. The Kier molecular flexibility index (Phi) is 2.93. The molecule has 15 heavy (non-hydrogen) atoms. The van der Waals surface area contributed by atoms with Crippen molar-refractivity contribution in [2.45, 2.75) is 32.6 Å². The second-order valence-corrected chi connectivity index (χ2v) is 4.53. The smallest absolute Gasteiger partial charge is 0.253 e. The average Bonchev–Trinajstić information content (AvgIpc) is 2.56. The van der Waals surface area contributed by atoms with E-state index in [4.69, 9.17) is 0 Å². The van der Waals surface area contributed by atoms with Gasteiger partial charge >= 0.3 is 0 Å². The van der Waals surface area contributed by atoms with Crippen LogP contribution >= 0.6 is 0 Å². The number of likely N-dealkylation sites (tertiary alicyclic amines) is 1. The van der Waals surface area contributed by atoms with Crippen molar-refractivity contribution < 1.29 is 4.92 Å². The fraction of sp³-hybridized carbons (Fsp3) is 0.818. The normalized spacial score (nSPS) is 33.1. The van der Waals surface area contributed by atoms with Crippen LogP contribution in [0.4, 0.5) is 0 Å². The van der Waals surface area contributed by atoms with E-state index in [1.54, 1.807) is 0 Å². The van der Waals surface area contributed by atoms with Gasteiger partial charge in [-0.25, -0.2) is 0 Å². The van der Waals surface area contributed by atoms with Gasteiger partial charge in [0.05, 0.1) is 10.6 Å². The van der Waals surface area contributed by atoms with Gasteiger partial charge in [0, 0.05) is 19.0 Å². The van der Waals surface area contributed by atoms with Crippen molar-refractivity contribution in [3.63, 3.8) is 0 Å². The van der Waals surface area contributed by atoms with Crippen LogP contribution in [0.5, 0.6) is 0 Å². The molecule has 2 rings (SSSR count). The van der Waals surface area contributed by atoms with Crippen LogP contribution in [-0.2, 0) is 0 Å². The zero-order valence-electron chi connectivity index (χ0n) is 9.19. The van der Waals surface area contributed by atoms with Crippen molar-refractivity contribution in [3.8, 4) is 0 Å². The molecule has 1 saturated carbocycles. The summed E-state index contributed by atoms with van der Waals surface area (Å²) in [5.74, 6) is 1.13. The highest BCUT2D eigenvalue weighted by Gasteiger charge is 2.39. The topological polar surface area (TPSA) is 46.4 Å². The SMILES string of the molecule is CCN1CC2CCCCC2/C1=C\[N+](=O)[O-]. The summed E-state index contributed by atoms with van der Waals surface area (Å²) in [6.45, 7) is 4.00. The number of rotatable bonds is 2. The Morgan fingerprint density at radius 2 is 2.27 bits per heavy atom. The minimum absolute atomic E-state index is 0.297. The van der Waals surface area contributed by atoms with E-state index in [0.717, 1.165) is 25.2 Å². The summed E-state index contributed by atoms with van der Waals surface area (Å²) in [6.07, 6.45) is 6.15. The number of nitro groups is 1. The first kappa shape index (κ1) is 10.5. The quantitative estimate of drug-likeness (QED) is 0.518. The lowest BCUT2D eigenvalue weighted by Gasteiger charge is -2.23. The third-order valence-electron chi connectivity index (χ3n) is 3.73. The van der Waals surface area contributed by atoms with Gasteiger partial charge in [-0.15, -0.1) is 0 Å². The van der Waals surface area contributed by atoms with Gasteiger partial charge in [-0.2, -0.15) is 0 Å². The first-order valence-electron chi connectivity index (χ1n) is 5.82. The van der Waals surface area contributed by atoms with Gasteiger partial charge < -0.3 is 4.90 Å². The number of fused-ring (bicyclic) bond motifs is 1. The molecule has 2 aliphatic rings. The molecule has 2 unspecified atom stereocenters. The molecule has 1 heterocycles. The maximum Gasteiger partial charge on any atom is 0.253 e. The maximum atomic E-state index is 10.6. The van der Waals surface area contributed by atoms with E-state index in [1.165, 1.54) is 25.5 Å². The lowest BCUT2D eigenvalue weighted by atomic mass is 9.80. The molecule has 0 aromatic heterocycles. The molecule has 4 heteroatoms. The Morgan fingerprint density at radius 3 is 2.93 bits per heavy atom. The molecule has 0 radical (unpaired) electrons. The van der Waals surface area contributed by atoms with Gasteiger partial charge in [-0.1, -0.05) is 12.8 Å². The molecule has 0 N–H and O–H groups in total. The largest absolute Gasteiger partial charge is 0.370 e. The van der Waals surface area contributed by atoms with E-state index < -0.39 is 0 Å². The molecule has 0 aromatic rings. The summed E-state index contributed by atoms with van der Waals surface area (Å²) >= 11 is 0. The van der Waals surface area contributed by atoms with Crippen molar-refractivity contribution in [2.24, 2.45) is 11.8 Å². The zero-order chi connectivity index (χ0) is 10.8. The molecule has 2 fully saturated rings. The Bertz CT molecular complexity index is 288. The van der Waals surface area contributed by atoms with Gasteiger partial charge in [0.15, 0.2) is 0 Å². The molecule has 0 bridgehead atoms. The third kappa shape index (κ3) is 1.98. The minimum atomic E-state index is -0.297. The summed E-state index contributed by atoms with van der Waals surface area (Å²) < 4.78 is 0. The molecular formula is C11H18N2O2. The number of hydrogen-bond acceptors (Lipinski definition) is 3. The van der Waals surface area contributed by atoms with Crippen molar-refractivity contribution in [1.29, 1.82) is 0 Å². The monoisotopic (exact) mass is 210 g/mol. The molecule has 0 amide bonds. The predicted molar refractivity (Wildman–Crippen MR) is 57.8 cm³/mol. The van der Waals surface area contributed by atoms with Crippen molar-refractivity contribution in [1.82, 2.24) is 4.90 Å². The predicted octanol–water partition coefficient (Wildman–Crippen LogP) is 2.25. The Hall–Kier alpha value is -1.06. The molecule has 4 nitrogen and oxygen atoms in total. The summed E-state index contributed by atoms with van der Waals surface area (Å²) in [5, 5.41) is 10.6. The number of nitrogens with zero attached hydrogens (tertiary/aromatic N) is 2. The van der Waals surface area contributed by atoms with Crippen LogP contribution in [0.3, 0.4) is 0 Å². The highest BCUT2D eigenvalue weighted by atomic mass is 16.6. The van der Waals surface area contributed by atoms with Crippen LogP contribution in [0.2, 0.25) is 0 Å². The Balaban J connectivity index is 2.20. The van der Waals surface area contributed by atoms with Gasteiger partial charge in [0.1, 0.15) is 0 Å². The van der Waals surface area contributed by atoms with Crippen LogP contribution in [0.1, 0.15) is 32.6 Å². The third-order valence-corrected chi connectivity index (χ3v) is 3.73. The summed E-state index contributed by atoms with van der Waals surface area (Å²) in [6, 6.07) is 0. The molecule has 0 aromatic carbocycles. The highest BCUT2D eigenvalue weighted by Crippen LogP contribution is 2.42. The summed E-state index contributed by atoms with van der Waals surface area (Å²) in [7, 11) is 0. The zero-order valence-corrected chi connectivity index (χ0v) is 9.19. The van der Waals surface area contributed by atoms with Crippen LogP contribution in [-0.4, -0.2) is 22.9 Å². The van der Waals surface area contributed by atoms with E-state index in [-0.39, 0.29) is 4.92 Å². The first-order chi connectivity index (χ1) is 7.22. The van der Waals surface area contributed by atoms with Crippen LogP contribution in [0, 0.1) is 22.0 Å². The number of hydrogen-bond donors (Lipinski definition) is 0. The fourth-order valence-corrected chi connectivity index (χ4v) is 3.04. The minimum Gasteiger partial charge on any atom is -0.370 e. The van der Waals surface area contributed by atoms with Crippen molar-refractivity contribution in [2.75, 3.05) is 13.1 Å². The Labute approximate surface area is 90.1 Å². The number of allylic oxidation sites excluding steroid dienone is 1. The first-order valence-corrected chi connectivity index (χ1v) is 5.82. The molecule has 1 aliphatic heterocycles. The van der Waals surface area contributed by atoms with E-state index in [1.807, 2.05) is 0 Å². The molecule has 1 aliphatic carbocycles. The second-order valence-electron chi connectivity index (χ2n) is 4.53. The average molecular weight is 210 g/mol. The highest BCUT2D eigenvalue weighted by molar-refractivity contribution is 5.12. The molecule has 84 valence electrons. The van der Waals surface area contributed by atoms with Crippen molar-refractivity contribution in [3.05, 3.63) is 22.0 Å². The van der Waals surface area contributed by atoms with Gasteiger partial charge in [-0.05, 0) is 25.7 Å². The molecule has 1 saturated heterocycles. The molecule has 0 spiro atoms. The van der Waals surface area contributed by atoms with Crippen LogP contribution in [0.15, 0.2) is 11.9 Å². The van der Waals surface area contributed by atoms with E-state index in [0.29, 0.717) is 11.8 Å². The second kappa shape index (κ2) is 4.21. The lowest BCUT2D eigenvalue weighted by Crippen LogP contribution is -2.19. The van der Waals surface area contributed by atoms with Crippen LogP contribution in [0.25, 0.3) is 0 Å². The Morgan fingerprint density at radius 1 is 1.53 bits per heavy atom.